The fraction of sp³-hybridized carbons (Fsp3) is 0. The Labute approximate surface area is 120 Å². The Morgan fingerprint density at radius 2 is 0.762 bits per heavy atom. The van der Waals surface area contributed by atoms with Crippen LogP contribution in [0.2, 0.25) is 0 Å². The molecule has 0 amide bonds. The number of rotatable bonds is 6. The smallest absolute Gasteiger partial charge is 0.235 e. The molecule has 1 aromatic rings. The Balaban J connectivity index is 3.22. The van der Waals surface area contributed by atoms with Gasteiger partial charge in [-0.05, 0) is 0 Å². The summed E-state index contributed by atoms with van der Waals surface area (Å²) < 4.78 is 0. The number of nitrogens with one attached hydrogen (secondary N) is 6. The summed E-state index contributed by atoms with van der Waals surface area (Å²) in [6, 6.07) is 0. The van der Waals surface area contributed by atoms with E-state index in [-0.39, 0.29) is 17.8 Å². The molecule has 0 radical (unpaired) electrons. The highest BCUT2D eigenvalue weighted by Gasteiger charge is 2.15. The van der Waals surface area contributed by atoms with Gasteiger partial charge in [0.25, 0.3) is 0 Å². The van der Waals surface area contributed by atoms with E-state index in [1.165, 1.54) is 0 Å². The van der Waals surface area contributed by atoms with Crippen LogP contribution in [0.25, 0.3) is 0 Å². The second-order valence-corrected chi connectivity index (χ2v) is 9.31. The third-order valence-corrected chi connectivity index (χ3v) is 3.20. The lowest BCUT2D eigenvalue weighted by Gasteiger charge is -2.18. The van der Waals surface area contributed by atoms with Gasteiger partial charge in [0.2, 0.25) is 17.8 Å². The maximum absolute atomic E-state index is 7.43. The molecule has 18 N–H and O–H groups in total. The Bertz CT molecular complexity index is 543. The Hall–Kier alpha value is -1.14. The van der Waals surface area contributed by atoms with Gasteiger partial charge in [-0.3, -0.25) is 63.8 Å². The first-order valence-electron chi connectivity index (χ1n) is 4.98. The first-order valence-corrected chi connectivity index (χ1v) is 10.8. The Morgan fingerprint density at radius 1 is 0.571 bits per heavy atom. The fourth-order valence-electron chi connectivity index (χ4n) is 1.02. The summed E-state index contributed by atoms with van der Waals surface area (Å²) in [4.78, 5) is 11.4. The fourth-order valence-corrected chi connectivity index (χ4v) is 2.32. The molecule has 0 fully saturated rings. The Morgan fingerprint density at radius 3 is 0.905 bits per heavy atom. The van der Waals surface area contributed by atoms with E-state index in [1.807, 2.05) is 0 Å². The zero-order valence-electron chi connectivity index (χ0n) is 10.6. The maximum Gasteiger partial charge on any atom is 0.235 e. The highest BCUT2D eigenvalue weighted by molar-refractivity contribution is 7.62. The van der Waals surface area contributed by atoms with Crippen molar-refractivity contribution in [3.63, 3.8) is 0 Å². The van der Waals surface area contributed by atoms with Gasteiger partial charge in [0.05, 0.1) is 0 Å². The molecule has 0 aromatic carbocycles. The van der Waals surface area contributed by atoms with E-state index in [1.54, 1.807) is 0 Å². The minimum Gasteiger partial charge on any atom is -0.298 e. The summed E-state index contributed by atoms with van der Waals surface area (Å²) >= 11 is 0. The van der Waals surface area contributed by atoms with Crippen LogP contribution in [0.4, 0.5) is 17.8 Å². The second kappa shape index (κ2) is 5.93. The third kappa shape index (κ3) is 8.02. The van der Waals surface area contributed by atoms with Crippen LogP contribution in [0.3, 0.4) is 0 Å². The van der Waals surface area contributed by atoms with Gasteiger partial charge in [-0.15, -0.1) is 0 Å². The van der Waals surface area contributed by atoms with Gasteiger partial charge in [-0.1, -0.05) is 0 Å². The monoisotopic (exact) mass is 357 g/mol. The van der Waals surface area contributed by atoms with Gasteiger partial charge < -0.3 is 0 Å². The molecule has 15 nitrogen and oxygen atoms in total. The molecule has 21 heavy (non-hydrogen) atoms. The quantitative estimate of drug-likeness (QED) is 0.285. The number of aromatic nitrogens is 3. The standard InChI is InChI=1S/C3H18N15P3/c4-19(5,6)16-1-13-2(17-20(7,8)9)15-3(14-1)18-21(10,11)12/h(H18,4,5,6,7,8,9,10,11,12,13,14,15,16,17,18). The zero-order valence-corrected chi connectivity index (χ0v) is 13.3. The number of nitrogens with zero attached hydrogens (tertiary/aromatic N) is 3. The van der Waals surface area contributed by atoms with Gasteiger partial charge in [0.15, 0.2) is 22.5 Å². The van der Waals surface area contributed by atoms with Crippen molar-refractivity contribution in [2.45, 2.75) is 0 Å². The average Bonchev–Trinajstić information content (AvgIpc) is 2.06. The molecule has 0 spiro atoms. The first kappa shape index (κ1) is 17.9. The molecule has 18 heteroatoms. The molecule has 1 heterocycles. The van der Waals surface area contributed by atoms with Gasteiger partial charge in [0.1, 0.15) is 0 Å². The highest BCUT2D eigenvalue weighted by Crippen LogP contribution is 2.32. The van der Waals surface area contributed by atoms with Crippen LogP contribution in [0.5, 0.6) is 0 Å². The van der Waals surface area contributed by atoms with Gasteiger partial charge in [0, 0.05) is 0 Å². The highest BCUT2D eigenvalue weighted by atomic mass is 31.2. The van der Waals surface area contributed by atoms with Crippen molar-refractivity contribution < 1.29 is 0 Å². The summed E-state index contributed by atoms with van der Waals surface area (Å²) in [6.45, 7) is 0. The zero-order chi connectivity index (χ0) is 16.5. The van der Waals surface area contributed by atoms with E-state index < -0.39 is 22.5 Å². The molecule has 120 valence electrons. The lowest BCUT2D eigenvalue weighted by atomic mass is 10.8. The molecule has 0 atom stereocenters. The second-order valence-electron chi connectivity index (χ2n) is 3.97. The third-order valence-electron chi connectivity index (χ3n) is 1.49. The van der Waals surface area contributed by atoms with Crippen LogP contribution in [-0.4, -0.2) is 15.0 Å². The van der Waals surface area contributed by atoms with Crippen molar-refractivity contribution in [2.24, 2.45) is 33.0 Å². The largest absolute Gasteiger partial charge is 0.298 e. The van der Waals surface area contributed by atoms with Crippen molar-refractivity contribution >= 4 is 40.4 Å². The van der Waals surface area contributed by atoms with Crippen LogP contribution in [-0.2, 0) is 0 Å². The molecular formula is C3H18N15P3. The van der Waals surface area contributed by atoms with Crippen LogP contribution < -0.4 is 48.3 Å². The SMILES string of the molecule is N=P(N)(N)Nc1nc(NP(=N)(N)N)nc(NP(=N)(N)N)n1. The molecule has 0 saturated heterocycles. The van der Waals surface area contributed by atoms with E-state index in [0.29, 0.717) is 0 Å². The summed E-state index contributed by atoms with van der Waals surface area (Å²) in [6.07, 6.45) is 0. The molecular weight excluding hydrogens is 339 g/mol. The van der Waals surface area contributed by atoms with Crippen LogP contribution in [0, 0.1) is 15.5 Å². The molecule has 1 aromatic heterocycles. The van der Waals surface area contributed by atoms with Crippen LogP contribution in [0.1, 0.15) is 0 Å². The summed E-state index contributed by atoms with van der Waals surface area (Å²) in [7, 11) is -9.57. The molecule has 1 rings (SSSR count). The van der Waals surface area contributed by atoms with E-state index >= 15 is 0 Å². The number of anilines is 3. The molecule has 0 aliphatic carbocycles. The number of hydrogen-bond acceptors (Lipinski definition) is 6. The lowest BCUT2D eigenvalue weighted by molar-refractivity contribution is 1.08. The van der Waals surface area contributed by atoms with E-state index in [4.69, 9.17) is 48.5 Å². The lowest BCUT2D eigenvalue weighted by Crippen LogP contribution is -2.20. The van der Waals surface area contributed by atoms with Crippen LogP contribution >= 0.6 is 22.5 Å². The Kier molecular flexibility index (Phi) is 5.05. The van der Waals surface area contributed by atoms with E-state index in [2.05, 4.69) is 30.2 Å². The van der Waals surface area contributed by atoms with E-state index in [0.717, 1.165) is 0 Å². The maximum atomic E-state index is 7.43. The summed E-state index contributed by atoms with van der Waals surface area (Å²) in [5.41, 5.74) is 32.2. The minimum absolute atomic E-state index is 0.176. The van der Waals surface area contributed by atoms with Crippen LogP contribution in [0.15, 0.2) is 0 Å². The van der Waals surface area contributed by atoms with E-state index in [9.17, 15) is 0 Å². The topological polar surface area (TPSA) is 302 Å². The van der Waals surface area contributed by atoms with Crippen molar-refractivity contribution in [1.82, 2.24) is 15.0 Å². The van der Waals surface area contributed by atoms with Crippen molar-refractivity contribution in [3.8, 4) is 0 Å². The first-order chi connectivity index (χ1) is 9.23. The minimum atomic E-state index is -3.19. The predicted molar refractivity (Wildman–Crippen MR) is 84.7 cm³/mol. The molecule has 0 saturated carbocycles. The summed E-state index contributed by atoms with van der Waals surface area (Å²) in [5, 5.41) is 29.4. The number of nitrogens with two attached hydrogens (primary N) is 6. The van der Waals surface area contributed by atoms with Gasteiger partial charge >= 0.3 is 0 Å². The molecule has 0 aliphatic heterocycles. The summed E-state index contributed by atoms with van der Waals surface area (Å²) in [5.74, 6) is -0.527. The molecule has 0 unspecified atom stereocenters. The molecule has 0 aliphatic rings. The van der Waals surface area contributed by atoms with Crippen molar-refractivity contribution in [1.29, 1.82) is 15.5 Å². The normalized spacial score (nSPS) is 12.9. The molecule has 0 bridgehead atoms. The predicted octanol–water partition coefficient (Wildman–Crippen LogP) is -0.566. The number of hydrogen-bond donors (Lipinski definition) is 12. The van der Waals surface area contributed by atoms with Crippen molar-refractivity contribution in [2.75, 3.05) is 15.3 Å². The average molecular weight is 357 g/mol. The van der Waals surface area contributed by atoms with Gasteiger partial charge in [-0.2, -0.15) is 15.0 Å². The van der Waals surface area contributed by atoms with Crippen molar-refractivity contribution in [3.05, 3.63) is 0 Å². The van der Waals surface area contributed by atoms with Gasteiger partial charge in [-0.25, -0.2) is 0 Å².